The quantitative estimate of drug-likeness (QED) is 0.750. The van der Waals surface area contributed by atoms with Crippen LogP contribution in [0.4, 0.5) is 11.8 Å². The molecule has 2 unspecified atom stereocenters. The van der Waals surface area contributed by atoms with Gasteiger partial charge in [0.25, 0.3) is 0 Å². The lowest BCUT2D eigenvalue weighted by Gasteiger charge is -2.26. The molecule has 0 spiro atoms. The van der Waals surface area contributed by atoms with Crippen LogP contribution in [-0.4, -0.2) is 59.6 Å². The highest BCUT2D eigenvalue weighted by Gasteiger charge is 2.32. The summed E-state index contributed by atoms with van der Waals surface area (Å²) in [5.74, 6) is 2.37. The third-order valence-corrected chi connectivity index (χ3v) is 4.89. The highest BCUT2D eigenvalue weighted by Crippen LogP contribution is 2.34. The Kier molecular flexibility index (Phi) is 4.73. The lowest BCUT2D eigenvalue weighted by molar-refractivity contribution is 0.157. The van der Waals surface area contributed by atoms with E-state index in [0.717, 1.165) is 37.1 Å². The number of hydrogen-bond donors (Lipinski definition) is 2. The standard InChI is InChI=1S/C17H28N4O2/c1-11-8-18-17(21(3)10-15(23)13-6-7-13)19-16(11)20(2)9-14(22)12-4-5-12/h8,12-15,22-23H,4-7,9-10H2,1-3H3. The number of likely N-dealkylation sites (N-methyl/N-ethyl adjacent to an activating group) is 2. The molecule has 0 aromatic carbocycles. The predicted molar refractivity (Wildman–Crippen MR) is 90.8 cm³/mol. The third-order valence-electron chi connectivity index (χ3n) is 4.89. The first kappa shape index (κ1) is 16.5. The highest BCUT2D eigenvalue weighted by atomic mass is 16.3. The summed E-state index contributed by atoms with van der Waals surface area (Å²) < 4.78 is 0. The van der Waals surface area contributed by atoms with Gasteiger partial charge < -0.3 is 20.0 Å². The number of aromatic nitrogens is 2. The molecule has 128 valence electrons. The summed E-state index contributed by atoms with van der Waals surface area (Å²) >= 11 is 0. The van der Waals surface area contributed by atoms with Gasteiger partial charge in [-0.15, -0.1) is 0 Å². The molecule has 1 aromatic heterocycles. The SMILES string of the molecule is Cc1cnc(N(C)CC(O)C2CC2)nc1N(C)CC(O)C1CC1. The van der Waals surface area contributed by atoms with Crippen LogP contribution in [0.15, 0.2) is 6.20 Å². The van der Waals surface area contributed by atoms with Crippen LogP contribution in [0.5, 0.6) is 0 Å². The van der Waals surface area contributed by atoms with Gasteiger partial charge in [0.05, 0.1) is 12.2 Å². The zero-order valence-electron chi connectivity index (χ0n) is 14.3. The fraction of sp³-hybridized carbons (Fsp3) is 0.765. The van der Waals surface area contributed by atoms with Crippen molar-refractivity contribution in [3.8, 4) is 0 Å². The van der Waals surface area contributed by atoms with E-state index in [2.05, 4.69) is 9.97 Å². The number of hydrogen-bond acceptors (Lipinski definition) is 6. The second-order valence-corrected chi connectivity index (χ2v) is 7.25. The molecule has 2 aliphatic carbocycles. The van der Waals surface area contributed by atoms with Crippen molar-refractivity contribution in [2.75, 3.05) is 37.0 Å². The van der Waals surface area contributed by atoms with E-state index >= 15 is 0 Å². The van der Waals surface area contributed by atoms with Gasteiger partial charge in [0.1, 0.15) is 5.82 Å². The number of aliphatic hydroxyl groups is 2. The summed E-state index contributed by atoms with van der Waals surface area (Å²) in [6, 6.07) is 0. The number of anilines is 2. The number of aliphatic hydroxyl groups excluding tert-OH is 2. The zero-order valence-corrected chi connectivity index (χ0v) is 14.3. The lowest BCUT2D eigenvalue weighted by atomic mass is 10.2. The van der Waals surface area contributed by atoms with E-state index in [-0.39, 0.29) is 12.2 Å². The molecule has 6 nitrogen and oxygen atoms in total. The zero-order chi connectivity index (χ0) is 16.6. The van der Waals surface area contributed by atoms with Gasteiger partial charge in [0.15, 0.2) is 0 Å². The minimum absolute atomic E-state index is 0.285. The Hall–Kier alpha value is -1.40. The molecule has 1 aromatic rings. The first-order valence-corrected chi connectivity index (χ1v) is 8.57. The molecule has 1 heterocycles. The molecule has 2 fully saturated rings. The normalized spacial score (nSPS) is 20.2. The van der Waals surface area contributed by atoms with Crippen LogP contribution in [0, 0.1) is 18.8 Å². The first-order valence-electron chi connectivity index (χ1n) is 8.57. The molecule has 3 rings (SSSR count). The molecular formula is C17H28N4O2. The predicted octanol–water partition coefficient (Wildman–Crippen LogP) is 1.20. The largest absolute Gasteiger partial charge is 0.391 e. The maximum absolute atomic E-state index is 10.1. The van der Waals surface area contributed by atoms with Crippen molar-refractivity contribution in [2.45, 2.75) is 44.8 Å². The molecule has 2 atom stereocenters. The minimum Gasteiger partial charge on any atom is -0.391 e. The monoisotopic (exact) mass is 320 g/mol. The molecule has 6 heteroatoms. The number of nitrogens with zero attached hydrogens (tertiary/aromatic N) is 4. The molecule has 0 saturated heterocycles. The first-order chi connectivity index (χ1) is 11.0. The Bertz CT molecular complexity index is 545. The van der Waals surface area contributed by atoms with Crippen LogP contribution >= 0.6 is 0 Å². The van der Waals surface area contributed by atoms with Crippen molar-refractivity contribution < 1.29 is 10.2 Å². The number of aryl methyl sites for hydroxylation is 1. The summed E-state index contributed by atoms with van der Waals surface area (Å²) in [5, 5.41) is 20.2. The Morgan fingerprint density at radius 1 is 1.04 bits per heavy atom. The average Bonchev–Trinajstić information content (AvgIpc) is 3.40. The summed E-state index contributed by atoms with van der Waals surface area (Å²) in [5.41, 5.74) is 0.996. The van der Waals surface area contributed by atoms with Gasteiger partial charge >= 0.3 is 0 Å². The van der Waals surface area contributed by atoms with Crippen LogP contribution in [0.2, 0.25) is 0 Å². The van der Waals surface area contributed by atoms with Gasteiger partial charge in [0.2, 0.25) is 5.95 Å². The van der Waals surface area contributed by atoms with Crippen molar-refractivity contribution in [2.24, 2.45) is 11.8 Å². The van der Waals surface area contributed by atoms with Crippen molar-refractivity contribution in [1.29, 1.82) is 0 Å². The van der Waals surface area contributed by atoms with Crippen LogP contribution in [-0.2, 0) is 0 Å². The molecule has 0 bridgehead atoms. The molecular weight excluding hydrogens is 292 g/mol. The smallest absolute Gasteiger partial charge is 0.227 e. The summed E-state index contributed by atoms with van der Waals surface area (Å²) in [6.07, 6.45) is 5.73. The van der Waals surface area contributed by atoms with Crippen molar-refractivity contribution in [3.05, 3.63) is 11.8 Å². The van der Waals surface area contributed by atoms with Crippen molar-refractivity contribution in [3.63, 3.8) is 0 Å². The van der Waals surface area contributed by atoms with E-state index in [9.17, 15) is 10.2 Å². The molecule has 2 N–H and O–H groups in total. The van der Waals surface area contributed by atoms with E-state index in [1.54, 1.807) is 0 Å². The maximum Gasteiger partial charge on any atom is 0.227 e. The second kappa shape index (κ2) is 6.61. The molecule has 0 amide bonds. The number of rotatable bonds is 8. The Balaban J connectivity index is 1.67. The lowest BCUT2D eigenvalue weighted by Crippen LogP contribution is -2.34. The maximum atomic E-state index is 10.1. The van der Waals surface area contributed by atoms with E-state index in [4.69, 9.17) is 0 Å². The van der Waals surface area contributed by atoms with E-state index in [1.165, 1.54) is 0 Å². The minimum atomic E-state index is -0.303. The summed E-state index contributed by atoms with van der Waals surface area (Å²) in [7, 11) is 3.88. The molecule has 2 saturated carbocycles. The van der Waals surface area contributed by atoms with Gasteiger partial charge in [0, 0.05) is 38.9 Å². The van der Waals surface area contributed by atoms with Gasteiger partial charge in [-0.05, 0) is 44.4 Å². The van der Waals surface area contributed by atoms with E-state index < -0.39 is 0 Å². The molecule has 0 aliphatic heterocycles. The summed E-state index contributed by atoms with van der Waals surface area (Å²) in [4.78, 5) is 13.0. The van der Waals surface area contributed by atoms with Gasteiger partial charge in [-0.3, -0.25) is 0 Å². The summed E-state index contributed by atoms with van der Waals surface area (Å²) in [6.45, 7) is 3.14. The van der Waals surface area contributed by atoms with Crippen LogP contribution in [0.3, 0.4) is 0 Å². The van der Waals surface area contributed by atoms with Gasteiger partial charge in [-0.2, -0.15) is 4.98 Å². The Labute approximate surface area is 138 Å². The van der Waals surface area contributed by atoms with E-state index in [0.29, 0.717) is 30.9 Å². The van der Waals surface area contributed by atoms with Crippen molar-refractivity contribution in [1.82, 2.24) is 9.97 Å². The van der Waals surface area contributed by atoms with Gasteiger partial charge in [-0.1, -0.05) is 0 Å². The van der Waals surface area contributed by atoms with Crippen LogP contribution in [0.25, 0.3) is 0 Å². The Morgan fingerprint density at radius 3 is 2.09 bits per heavy atom. The van der Waals surface area contributed by atoms with Crippen molar-refractivity contribution >= 4 is 11.8 Å². The molecule has 0 radical (unpaired) electrons. The molecule has 23 heavy (non-hydrogen) atoms. The van der Waals surface area contributed by atoms with Gasteiger partial charge in [-0.25, -0.2) is 4.98 Å². The van der Waals surface area contributed by atoms with Crippen LogP contribution < -0.4 is 9.80 Å². The Morgan fingerprint density at radius 2 is 1.57 bits per heavy atom. The topological polar surface area (TPSA) is 72.7 Å². The third kappa shape index (κ3) is 4.12. The second-order valence-electron chi connectivity index (χ2n) is 7.25. The van der Waals surface area contributed by atoms with Crippen LogP contribution in [0.1, 0.15) is 31.2 Å². The average molecular weight is 320 g/mol. The fourth-order valence-corrected chi connectivity index (χ4v) is 2.98. The molecule has 2 aliphatic rings. The fourth-order valence-electron chi connectivity index (χ4n) is 2.98. The highest BCUT2D eigenvalue weighted by molar-refractivity contribution is 5.49. The van der Waals surface area contributed by atoms with E-state index in [1.807, 2.05) is 37.0 Å².